The molecule has 110 valence electrons. The third-order valence-corrected chi connectivity index (χ3v) is 6.00. The second-order valence-electron chi connectivity index (χ2n) is 4.53. The van der Waals surface area contributed by atoms with Gasteiger partial charge in [-0.3, -0.25) is 4.57 Å². The molecule has 0 aromatic carbocycles. The first-order chi connectivity index (χ1) is 9.16. The Morgan fingerprint density at radius 2 is 1.84 bits per heavy atom. The van der Waals surface area contributed by atoms with Crippen LogP contribution in [0.5, 0.6) is 0 Å². The first-order valence-electron chi connectivity index (χ1n) is 6.51. The van der Waals surface area contributed by atoms with Crippen molar-refractivity contribution < 1.29 is 4.57 Å². The molecule has 19 heavy (non-hydrogen) atoms. The number of alkyl halides is 2. The van der Waals surface area contributed by atoms with Crippen LogP contribution in [0, 0.1) is 0 Å². The van der Waals surface area contributed by atoms with E-state index in [9.17, 15) is 4.57 Å². The second-order valence-corrected chi connectivity index (χ2v) is 7.58. The van der Waals surface area contributed by atoms with Crippen LogP contribution in [0.4, 0.5) is 0 Å². The van der Waals surface area contributed by atoms with Crippen molar-refractivity contribution in [1.29, 1.82) is 0 Å². The number of nitrogens with zero attached hydrogens (tertiary/aromatic N) is 2. The van der Waals surface area contributed by atoms with E-state index in [0.29, 0.717) is 24.8 Å². The Morgan fingerprint density at radius 3 is 2.32 bits per heavy atom. The molecule has 0 amide bonds. The number of nitrogens with one attached hydrogen (secondary N) is 1. The highest BCUT2D eigenvalue weighted by Crippen LogP contribution is 2.48. The molecule has 1 aliphatic carbocycles. The van der Waals surface area contributed by atoms with E-state index in [2.05, 4.69) is 27.2 Å². The summed E-state index contributed by atoms with van der Waals surface area (Å²) in [7, 11) is -3.11. The summed E-state index contributed by atoms with van der Waals surface area (Å²) in [4.78, 5) is 0. The maximum atomic E-state index is 13.0. The molecule has 0 saturated heterocycles. The van der Waals surface area contributed by atoms with E-state index >= 15 is 0 Å². The summed E-state index contributed by atoms with van der Waals surface area (Å²) in [6, 6.07) is 0.222. The molecule has 1 rings (SSSR count). The Bertz CT molecular complexity index is 354. The zero-order chi connectivity index (χ0) is 14.1. The highest BCUT2D eigenvalue weighted by atomic mass is 35.5. The molecule has 0 heterocycles. The van der Waals surface area contributed by atoms with Crippen LogP contribution in [0.3, 0.4) is 0 Å². The van der Waals surface area contributed by atoms with Gasteiger partial charge in [-0.2, -0.15) is 0 Å². The van der Waals surface area contributed by atoms with E-state index in [4.69, 9.17) is 23.2 Å². The van der Waals surface area contributed by atoms with Gasteiger partial charge >= 0.3 is 7.59 Å². The normalized spacial score (nSPS) is 19.9. The summed E-state index contributed by atoms with van der Waals surface area (Å²) in [5, 5.41) is 5.42. The minimum absolute atomic E-state index is 0.222. The lowest BCUT2D eigenvalue weighted by molar-refractivity contribution is 0.383. The summed E-state index contributed by atoms with van der Waals surface area (Å²) in [6.07, 6.45) is 5.60. The summed E-state index contributed by atoms with van der Waals surface area (Å²) in [5.74, 6) is 0.750. The molecular weight excluding hydrogens is 324 g/mol. The lowest BCUT2D eigenvalue weighted by atomic mass is 9.96. The lowest BCUT2D eigenvalue weighted by Crippen LogP contribution is -2.36. The minimum Gasteiger partial charge on any atom is -0.261 e. The molecule has 0 bridgehead atoms. The molecule has 1 unspecified atom stereocenters. The molecule has 0 spiro atoms. The van der Waals surface area contributed by atoms with Gasteiger partial charge < -0.3 is 0 Å². The number of hydrogen-bond acceptors (Lipinski definition) is 2. The van der Waals surface area contributed by atoms with Crippen LogP contribution >= 0.6 is 43.0 Å². The molecule has 8 heteroatoms. The fourth-order valence-electron chi connectivity index (χ4n) is 2.28. The van der Waals surface area contributed by atoms with Gasteiger partial charge in [0.15, 0.2) is 0 Å². The summed E-state index contributed by atoms with van der Waals surface area (Å²) in [6.45, 7) is 0.928. The van der Waals surface area contributed by atoms with Gasteiger partial charge in [-0.1, -0.05) is 19.3 Å². The van der Waals surface area contributed by atoms with Gasteiger partial charge in [-0.05, 0) is 25.1 Å². The summed E-state index contributed by atoms with van der Waals surface area (Å²) in [5.41, 5.74) is 0. The SMILES string of the molecule is O=P(N=C=S)(NC1CCCCC1)N(CCCl)CCCl. The zero-order valence-electron chi connectivity index (χ0n) is 10.9. The van der Waals surface area contributed by atoms with E-state index < -0.39 is 7.59 Å². The van der Waals surface area contributed by atoms with Gasteiger partial charge in [0.2, 0.25) is 0 Å². The molecule has 1 atom stereocenters. The van der Waals surface area contributed by atoms with Gasteiger partial charge in [-0.25, -0.2) is 9.76 Å². The molecule has 1 aliphatic rings. The number of rotatable bonds is 8. The molecule has 1 saturated carbocycles. The van der Waals surface area contributed by atoms with Crippen molar-refractivity contribution >= 4 is 48.2 Å². The lowest BCUT2D eigenvalue weighted by Gasteiger charge is -2.32. The van der Waals surface area contributed by atoms with Crippen molar-refractivity contribution in [3.8, 4) is 0 Å². The van der Waals surface area contributed by atoms with E-state index in [1.165, 1.54) is 6.42 Å². The third kappa shape index (κ3) is 5.81. The van der Waals surface area contributed by atoms with Crippen molar-refractivity contribution in [2.24, 2.45) is 4.76 Å². The largest absolute Gasteiger partial charge is 0.335 e. The second kappa shape index (κ2) is 9.46. The van der Waals surface area contributed by atoms with E-state index in [-0.39, 0.29) is 6.04 Å². The highest BCUT2D eigenvalue weighted by molar-refractivity contribution is 7.78. The van der Waals surface area contributed by atoms with Crippen molar-refractivity contribution in [2.75, 3.05) is 24.8 Å². The molecule has 1 fully saturated rings. The standard InChI is InChI=1S/C11H20Cl2N3OPS/c12-6-8-16(9-7-13)18(17,14-10-19)15-11-4-2-1-3-5-11/h11H,1-9H2,(H,15,17). The van der Waals surface area contributed by atoms with Crippen LogP contribution in [0.1, 0.15) is 32.1 Å². The quantitative estimate of drug-likeness (QED) is 0.314. The molecule has 4 nitrogen and oxygen atoms in total. The zero-order valence-corrected chi connectivity index (χ0v) is 14.1. The van der Waals surface area contributed by atoms with Crippen LogP contribution in [-0.2, 0) is 4.57 Å². The fourth-order valence-corrected chi connectivity index (χ4v) is 5.19. The Labute approximate surface area is 130 Å². The molecule has 0 radical (unpaired) electrons. The van der Waals surface area contributed by atoms with Gasteiger partial charge in [-0.15, -0.1) is 28.0 Å². The Balaban J connectivity index is 2.80. The van der Waals surface area contributed by atoms with Crippen LogP contribution in [0.25, 0.3) is 0 Å². The van der Waals surface area contributed by atoms with Gasteiger partial charge in [0, 0.05) is 30.9 Å². The molecule has 0 aromatic heterocycles. The third-order valence-electron chi connectivity index (χ3n) is 3.20. The Morgan fingerprint density at radius 1 is 1.26 bits per heavy atom. The van der Waals surface area contributed by atoms with E-state index in [0.717, 1.165) is 25.7 Å². The Kier molecular flexibility index (Phi) is 8.76. The molecule has 0 aromatic rings. The predicted molar refractivity (Wildman–Crippen MR) is 85.7 cm³/mol. The van der Waals surface area contributed by atoms with E-state index in [1.54, 1.807) is 4.67 Å². The van der Waals surface area contributed by atoms with Gasteiger partial charge in [0.1, 0.15) is 0 Å². The fraction of sp³-hybridized carbons (Fsp3) is 0.909. The van der Waals surface area contributed by atoms with Crippen molar-refractivity contribution in [2.45, 2.75) is 38.1 Å². The monoisotopic (exact) mass is 343 g/mol. The average Bonchev–Trinajstić information content (AvgIpc) is 2.40. The smallest absolute Gasteiger partial charge is 0.261 e. The number of thiocarbonyl (C=S) groups is 1. The predicted octanol–water partition coefficient (Wildman–Crippen LogP) is 3.90. The van der Waals surface area contributed by atoms with Gasteiger partial charge in [0.05, 0.1) is 5.16 Å². The van der Waals surface area contributed by atoms with Crippen LogP contribution < -0.4 is 5.09 Å². The molecule has 1 N–H and O–H groups in total. The molecule has 0 aliphatic heterocycles. The highest BCUT2D eigenvalue weighted by Gasteiger charge is 2.32. The van der Waals surface area contributed by atoms with Crippen molar-refractivity contribution in [3.05, 3.63) is 0 Å². The summed E-state index contributed by atoms with van der Waals surface area (Å²) < 4.78 is 18.6. The first kappa shape index (κ1) is 17.6. The minimum atomic E-state index is -3.11. The maximum absolute atomic E-state index is 13.0. The van der Waals surface area contributed by atoms with Crippen molar-refractivity contribution in [1.82, 2.24) is 9.76 Å². The van der Waals surface area contributed by atoms with Crippen LogP contribution in [-0.4, -0.2) is 40.7 Å². The van der Waals surface area contributed by atoms with E-state index in [1.807, 2.05) is 0 Å². The average molecular weight is 344 g/mol. The summed E-state index contributed by atoms with van der Waals surface area (Å²) >= 11 is 16.2. The number of hydrogen-bond donors (Lipinski definition) is 1. The van der Waals surface area contributed by atoms with Crippen molar-refractivity contribution in [3.63, 3.8) is 0 Å². The number of halogens is 2. The Hall–Kier alpha value is 0.530. The van der Waals surface area contributed by atoms with Gasteiger partial charge in [0.25, 0.3) is 0 Å². The molecular formula is C11H20Cl2N3OPS. The topological polar surface area (TPSA) is 44.7 Å². The van der Waals surface area contributed by atoms with Crippen LogP contribution in [0.15, 0.2) is 4.76 Å². The number of isothiocyanates is 1. The van der Waals surface area contributed by atoms with Crippen LogP contribution in [0.2, 0.25) is 0 Å². The first-order valence-corrected chi connectivity index (χ1v) is 9.60. The maximum Gasteiger partial charge on any atom is 0.335 e.